The predicted molar refractivity (Wildman–Crippen MR) is 185 cm³/mol. The summed E-state index contributed by atoms with van der Waals surface area (Å²) in [5, 5.41) is 2.92. The minimum absolute atomic E-state index is 0.229. The van der Waals surface area contributed by atoms with Gasteiger partial charge in [0, 0.05) is 11.1 Å². The molecule has 1 saturated carbocycles. The largest absolute Gasteiger partial charge is 0.447 e. The summed E-state index contributed by atoms with van der Waals surface area (Å²) in [5.41, 5.74) is -0.518. The van der Waals surface area contributed by atoms with Crippen molar-refractivity contribution in [3.63, 3.8) is 0 Å². The first-order chi connectivity index (χ1) is 24.9. The van der Waals surface area contributed by atoms with Gasteiger partial charge in [0.15, 0.2) is 0 Å². The fourth-order valence-corrected chi connectivity index (χ4v) is 8.27. The molecule has 0 spiro atoms. The van der Waals surface area contributed by atoms with Crippen molar-refractivity contribution in [1.29, 1.82) is 0 Å². The Kier molecular flexibility index (Phi) is 8.23. The molecule has 9 rings (SSSR count). The average molecular weight is 713 g/mol. The fraction of sp³-hybridized carbons (Fsp3) is 0.238. The predicted octanol–water partition coefficient (Wildman–Crippen LogP) is 11.1. The lowest BCUT2D eigenvalue weighted by molar-refractivity contribution is -0.234. The number of allylic oxidation sites excluding steroid dienone is 2. The third-order valence-corrected chi connectivity index (χ3v) is 10.5. The molecule has 0 unspecified atom stereocenters. The van der Waals surface area contributed by atoms with E-state index in [-0.39, 0.29) is 32.7 Å². The van der Waals surface area contributed by atoms with Gasteiger partial charge in [-0.1, -0.05) is 109 Å². The number of rotatable bonds is 6. The quantitative estimate of drug-likeness (QED) is 0.0747. The molecule has 3 aliphatic carbocycles. The van der Waals surface area contributed by atoms with Gasteiger partial charge >= 0.3 is 24.3 Å². The van der Waals surface area contributed by atoms with Crippen LogP contribution in [-0.2, 0) is 19.1 Å². The average Bonchev–Trinajstić information content (AvgIpc) is 3.13. The van der Waals surface area contributed by atoms with Crippen molar-refractivity contribution in [3.8, 4) is 0 Å². The van der Waals surface area contributed by atoms with Crippen molar-refractivity contribution < 1.29 is 45.4 Å². The number of hydrogen-bond donors (Lipinski definition) is 0. The van der Waals surface area contributed by atoms with E-state index in [0.717, 1.165) is 0 Å². The SMILES string of the molecule is O=C(O[C@H](c1c2ccccc2cc2ccccc12)C(F)(F)F)[C@@H]1[C@@H](C(=O)O[C@H](c2c3ccccc3cc3ccccc23)C(F)(F)F)[C@H]2C=C[C@@H]1CC2. The van der Waals surface area contributed by atoms with Crippen LogP contribution in [0, 0.1) is 23.7 Å². The second kappa shape index (κ2) is 12.7. The number of ether oxygens (including phenoxy) is 2. The van der Waals surface area contributed by atoms with E-state index in [1.807, 2.05) is 0 Å². The molecule has 0 radical (unpaired) electrons. The number of fused-ring (bicyclic) bond motifs is 6. The number of alkyl halides is 6. The van der Waals surface area contributed by atoms with Crippen molar-refractivity contribution in [1.82, 2.24) is 0 Å². The van der Waals surface area contributed by atoms with Crippen LogP contribution in [0.5, 0.6) is 0 Å². The van der Waals surface area contributed by atoms with Gasteiger partial charge in [-0.2, -0.15) is 26.3 Å². The molecule has 0 heterocycles. The van der Waals surface area contributed by atoms with Gasteiger partial charge in [0.2, 0.25) is 12.2 Å². The third kappa shape index (κ3) is 5.84. The highest BCUT2D eigenvalue weighted by atomic mass is 19.4. The summed E-state index contributed by atoms with van der Waals surface area (Å²) in [6.07, 6.45) is -11.6. The Balaban J connectivity index is 1.19. The number of esters is 2. The zero-order valence-corrected chi connectivity index (χ0v) is 27.3. The van der Waals surface area contributed by atoms with E-state index in [1.165, 1.54) is 24.3 Å². The monoisotopic (exact) mass is 712 g/mol. The molecule has 2 bridgehead atoms. The first kappa shape index (κ1) is 33.7. The van der Waals surface area contributed by atoms with E-state index in [2.05, 4.69) is 0 Å². The molecule has 10 heteroatoms. The van der Waals surface area contributed by atoms with Crippen LogP contribution in [0.2, 0.25) is 0 Å². The smallest absolute Gasteiger partial charge is 0.429 e. The number of benzene rings is 6. The van der Waals surface area contributed by atoms with Crippen molar-refractivity contribution in [2.75, 3.05) is 0 Å². The molecule has 264 valence electrons. The third-order valence-electron chi connectivity index (χ3n) is 10.5. The van der Waals surface area contributed by atoms with Crippen molar-refractivity contribution in [2.24, 2.45) is 23.7 Å². The summed E-state index contributed by atoms with van der Waals surface area (Å²) in [6, 6.07) is 29.3. The summed E-state index contributed by atoms with van der Waals surface area (Å²) < 4.78 is 101. The summed E-state index contributed by atoms with van der Waals surface area (Å²) in [7, 11) is 0. The lowest BCUT2D eigenvalue weighted by Crippen LogP contribution is -2.48. The molecule has 4 nitrogen and oxygen atoms in total. The minimum Gasteiger partial charge on any atom is -0.447 e. The highest BCUT2D eigenvalue weighted by Gasteiger charge is 2.55. The van der Waals surface area contributed by atoms with Crippen LogP contribution < -0.4 is 0 Å². The van der Waals surface area contributed by atoms with Gasteiger partial charge in [-0.3, -0.25) is 9.59 Å². The van der Waals surface area contributed by atoms with Crippen LogP contribution in [-0.4, -0.2) is 24.3 Å². The number of carbonyl (C=O) groups is 2. The Morgan fingerprint density at radius 2 is 0.788 bits per heavy atom. The van der Waals surface area contributed by atoms with Crippen LogP contribution >= 0.6 is 0 Å². The maximum Gasteiger partial charge on any atom is 0.429 e. The molecule has 0 N–H and O–H groups in total. The van der Waals surface area contributed by atoms with E-state index < -0.39 is 60.2 Å². The van der Waals surface area contributed by atoms with Crippen LogP contribution in [0.1, 0.15) is 36.2 Å². The van der Waals surface area contributed by atoms with Gasteiger partial charge in [0.1, 0.15) is 0 Å². The lowest BCUT2D eigenvalue weighted by atomic mass is 9.62. The van der Waals surface area contributed by atoms with Gasteiger partial charge in [-0.25, -0.2) is 0 Å². The molecule has 0 amide bonds. The van der Waals surface area contributed by atoms with E-state index in [9.17, 15) is 9.59 Å². The maximum absolute atomic E-state index is 15.1. The topological polar surface area (TPSA) is 52.6 Å². The molecular weight excluding hydrogens is 682 g/mol. The van der Waals surface area contributed by atoms with E-state index in [4.69, 9.17) is 9.47 Å². The Morgan fingerprint density at radius 1 is 0.500 bits per heavy atom. The van der Waals surface area contributed by atoms with E-state index >= 15 is 26.3 Å². The molecule has 0 aliphatic heterocycles. The Morgan fingerprint density at radius 3 is 1.06 bits per heavy atom. The Bertz CT molecular complexity index is 2120. The summed E-state index contributed by atoms with van der Waals surface area (Å²) in [4.78, 5) is 28.2. The first-order valence-corrected chi connectivity index (χ1v) is 16.9. The molecule has 52 heavy (non-hydrogen) atoms. The van der Waals surface area contributed by atoms with Crippen molar-refractivity contribution in [2.45, 2.75) is 37.4 Å². The molecule has 0 aromatic heterocycles. The highest BCUT2D eigenvalue weighted by molar-refractivity contribution is 6.04. The number of carbonyl (C=O) groups excluding carboxylic acids is 2. The fourth-order valence-electron chi connectivity index (χ4n) is 8.27. The van der Waals surface area contributed by atoms with E-state index in [1.54, 1.807) is 97.1 Å². The Hall–Kier alpha value is -5.38. The number of hydrogen-bond acceptors (Lipinski definition) is 4. The first-order valence-electron chi connectivity index (χ1n) is 16.9. The summed E-state index contributed by atoms with van der Waals surface area (Å²) >= 11 is 0. The normalized spacial score (nSPS) is 21.4. The molecule has 1 fully saturated rings. The van der Waals surface area contributed by atoms with Gasteiger partial charge in [-0.15, -0.1) is 0 Å². The number of halogens is 6. The minimum atomic E-state index is -5.07. The van der Waals surface area contributed by atoms with Gasteiger partial charge in [-0.05, 0) is 79.9 Å². The van der Waals surface area contributed by atoms with Crippen molar-refractivity contribution in [3.05, 3.63) is 132 Å². The van der Waals surface area contributed by atoms with Crippen LogP contribution in [0.15, 0.2) is 121 Å². The standard InChI is InChI=1S/C42H30F6O4/c43-41(44,45)37(35-29-13-5-1-9-25(29)21-26-10-2-6-14-30(26)35)51-39(49)33-23-17-19-24(20-18-23)34(33)40(50)52-38(42(46,47)48)36-31-15-7-3-11-27(31)22-28-12-4-8-16-32(28)36/h1-17,19,21-24,33-34,37-38H,18,20H2/t23-,24+,33-,34-,37+,38+/m0/s1. The highest BCUT2D eigenvalue weighted by Crippen LogP contribution is 2.50. The molecule has 3 aliphatic rings. The van der Waals surface area contributed by atoms with Gasteiger partial charge < -0.3 is 9.47 Å². The van der Waals surface area contributed by atoms with Crippen LogP contribution in [0.25, 0.3) is 43.1 Å². The molecule has 6 atom stereocenters. The molecular formula is C42H30F6O4. The zero-order chi connectivity index (χ0) is 36.4. The van der Waals surface area contributed by atoms with Gasteiger partial charge in [0.25, 0.3) is 0 Å². The molecule has 0 saturated heterocycles. The van der Waals surface area contributed by atoms with Crippen LogP contribution in [0.3, 0.4) is 0 Å². The second-order valence-electron chi connectivity index (χ2n) is 13.5. The van der Waals surface area contributed by atoms with Crippen molar-refractivity contribution >= 4 is 55.0 Å². The summed E-state index contributed by atoms with van der Waals surface area (Å²) in [6.45, 7) is 0. The zero-order valence-electron chi connectivity index (χ0n) is 27.3. The van der Waals surface area contributed by atoms with E-state index in [0.29, 0.717) is 34.4 Å². The second-order valence-corrected chi connectivity index (χ2v) is 13.5. The maximum atomic E-state index is 15.1. The Labute approximate surface area is 293 Å². The lowest BCUT2D eigenvalue weighted by Gasteiger charge is -2.43. The summed E-state index contributed by atoms with van der Waals surface area (Å²) in [5.74, 6) is -7.12. The molecule has 6 aromatic rings. The van der Waals surface area contributed by atoms with Crippen LogP contribution in [0.4, 0.5) is 26.3 Å². The van der Waals surface area contributed by atoms with Gasteiger partial charge in [0.05, 0.1) is 11.8 Å². The molecule has 6 aromatic carbocycles.